The van der Waals surface area contributed by atoms with Crippen molar-refractivity contribution in [1.82, 2.24) is 4.90 Å². The highest BCUT2D eigenvalue weighted by Crippen LogP contribution is 2.22. The molecule has 5 heteroatoms. The van der Waals surface area contributed by atoms with Crippen molar-refractivity contribution < 1.29 is 13.9 Å². The van der Waals surface area contributed by atoms with Crippen LogP contribution in [0.5, 0.6) is 5.75 Å². The summed E-state index contributed by atoms with van der Waals surface area (Å²) in [5.41, 5.74) is 1.01. The summed E-state index contributed by atoms with van der Waals surface area (Å²) in [4.78, 5) is 13.9. The van der Waals surface area contributed by atoms with Crippen molar-refractivity contribution in [2.24, 2.45) is 0 Å². The number of amides is 1. The predicted octanol–water partition coefficient (Wildman–Crippen LogP) is 3.76. The zero-order valence-electron chi connectivity index (χ0n) is 11.8. The predicted molar refractivity (Wildman–Crippen MR) is 80.2 cm³/mol. The van der Waals surface area contributed by atoms with Crippen LogP contribution in [0.15, 0.2) is 42.5 Å². The van der Waals surface area contributed by atoms with Gasteiger partial charge in [0, 0.05) is 18.6 Å². The van der Waals surface area contributed by atoms with E-state index in [1.807, 2.05) is 18.2 Å². The van der Waals surface area contributed by atoms with Gasteiger partial charge in [-0.1, -0.05) is 29.8 Å². The zero-order valence-corrected chi connectivity index (χ0v) is 12.5. The highest BCUT2D eigenvalue weighted by Gasteiger charge is 2.18. The standard InChI is InChI=1S/C16H15ClFNO2/c1-19(10-11-5-3-4-6-14(11)17)16(20)13-9-12(18)7-8-15(13)21-2/h3-9H,10H2,1-2H3. The van der Waals surface area contributed by atoms with Crippen molar-refractivity contribution in [1.29, 1.82) is 0 Å². The number of hydrogen-bond acceptors (Lipinski definition) is 2. The van der Waals surface area contributed by atoms with Crippen LogP contribution in [0.25, 0.3) is 0 Å². The molecule has 0 aromatic heterocycles. The highest BCUT2D eigenvalue weighted by molar-refractivity contribution is 6.31. The number of hydrogen-bond donors (Lipinski definition) is 0. The summed E-state index contributed by atoms with van der Waals surface area (Å²) in [5.74, 6) is -0.469. The summed E-state index contributed by atoms with van der Waals surface area (Å²) >= 11 is 6.08. The Morgan fingerprint density at radius 2 is 2.00 bits per heavy atom. The van der Waals surface area contributed by atoms with Crippen molar-refractivity contribution in [3.05, 3.63) is 64.4 Å². The number of benzene rings is 2. The monoisotopic (exact) mass is 307 g/mol. The minimum absolute atomic E-state index is 0.187. The Hall–Kier alpha value is -2.07. The molecule has 0 spiro atoms. The molecule has 0 saturated carbocycles. The van der Waals surface area contributed by atoms with Gasteiger partial charge in [-0.2, -0.15) is 0 Å². The molecule has 0 atom stereocenters. The third-order valence-corrected chi connectivity index (χ3v) is 3.47. The Labute approximate surface area is 127 Å². The fraction of sp³-hybridized carbons (Fsp3) is 0.188. The van der Waals surface area contributed by atoms with E-state index in [1.54, 1.807) is 13.1 Å². The van der Waals surface area contributed by atoms with Crippen LogP contribution in [0.4, 0.5) is 4.39 Å². The number of ether oxygens (including phenoxy) is 1. The average molecular weight is 308 g/mol. The van der Waals surface area contributed by atoms with Crippen LogP contribution in [0.1, 0.15) is 15.9 Å². The second kappa shape index (κ2) is 6.59. The van der Waals surface area contributed by atoms with Gasteiger partial charge in [-0.25, -0.2) is 4.39 Å². The molecule has 0 heterocycles. The zero-order chi connectivity index (χ0) is 15.4. The average Bonchev–Trinajstić information content (AvgIpc) is 2.48. The van der Waals surface area contributed by atoms with Crippen LogP contribution < -0.4 is 4.74 Å². The van der Waals surface area contributed by atoms with Crippen molar-refractivity contribution in [2.75, 3.05) is 14.2 Å². The van der Waals surface area contributed by atoms with E-state index in [2.05, 4.69) is 0 Å². The Bertz CT molecular complexity index is 660. The first kappa shape index (κ1) is 15.3. The first-order chi connectivity index (χ1) is 10.0. The van der Waals surface area contributed by atoms with Crippen LogP contribution in [0, 0.1) is 5.82 Å². The minimum atomic E-state index is -0.481. The Kier molecular flexibility index (Phi) is 4.81. The molecule has 0 N–H and O–H groups in total. The highest BCUT2D eigenvalue weighted by atomic mass is 35.5. The van der Waals surface area contributed by atoms with Gasteiger partial charge < -0.3 is 9.64 Å². The summed E-state index contributed by atoms with van der Waals surface area (Å²) in [6.07, 6.45) is 0. The quantitative estimate of drug-likeness (QED) is 0.860. The summed E-state index contributed by atoms with van der Waals surface area (Å²) in [6, 6.07) is 11.1. The van der Waals surface area contributed by atoms with E-state index >= 15 is 0 Å². The summed E-state index contributed by atoms with van der Waals surface area (Å²) in [7, 11) is 3.08. The van der Waals surface area contributed by atoms with E-state index in [4.69, 9.17) is 16.3 Å². The molecule has 110 valence electrons. The van der Waals surface area contributed by atoms with Gasteiger partial charge in [0.05, 0.1) is 12.7 Å². The molecule has 0 unspecified atom stereocenters. The molecule has 0 aliphatic heterocycles. The van der Waals surface area contributed by atoms with Gasteiger partial charge in [-0.05, 0) is 29.8 Å². The molecular formula is C16H15ClFNO2. The van der Waals surface area contributed by atoms with E-state index in [1.165, 1.54) is 30.2 Å². The van der Waals surface area contributed by atoms with E-state index in [0.29, 0.717) is 17.3 Å². The summed E-state index contributed by atoms with van der Waals surface area (Å²) in [6.45, 7) is 0.332. The van der Waals surface area contributed by atoms with Gasteiger partial charge in [-0.15, -0.1) is 0 Å². The number of methoxy groups -OCH3 is 1. The van der Waals surface area contributed by atoms with E-state index in [-0.39, 0.29) is 11.5 Å². The van der Waals surface area contributed by atoms with Gasteiger partial charge in [-0.3, -0.25) is 4.79 Å². The van der Waals surface area contributed by atoms with Gasteiger partial charge in [0.25, 0.3) is 5.91 Å². The Morgan fingerprint density at radius 3 is 2.67 bits per heavy atom. The lowest BCUT2D eigenvalue weighted by molar-refractivity contribution is 0.0781. The number of rotatable bonds is 4. The SMILES string of the molecule is COc1ccc(F)cc1C(=O)N(C)Cc1ccccc1Cl. The fourth-order valence-corrected chi connectivity index (χ4v) is 2.20. The molecule has 0 aliphatic carbocycles. The molecule has 1 amide bonds. The van der Waals surface area contributed by atoms with E-state index in [0.717, 1.165) is 5.56 Å². The number of halogens is 2. The second-order valence-electron chi connectivity index (χ2n) is 4.60. The third-order valence-electron chi connectivity index (χ3n) is 3.10. The number of nitrogens with zero attached hydrogens (tertiary/aromatic N) is 1. The van der Waals surface area contributed by atoms with E-state index in [9.17, 15) is 9.18 Å². The molecule has 2 aromatic rings. The minimum Gasteiger partial charge on any atom is -0.496 e. The van der Waals surface area contributed by atoms with Crippen molar-refractivity contribution in [3.8, 4) is 5.75 Å². The van der Waals surface area contributed by atoms with Crippen LogP contribution in [0.3, 0.4) is 0 Å². The smallest absolute Gasteiger partial charge is 0.257 e. The molecule has 3 nitrogen and oxygen atoms in total. The molecule has 0 saturated heterocycles. The van der Waals surface area contributed by atoms with Crippen LogP contribution in [-0.2, 0) is 6.54 Å². The maximum absolute atomic E-state index is 13.4. The molecule has 0 aliphatic rings. The topological polar surface area (TPSA) is 29.5 Å². The third kappa shape index (κ3) is 3.52. The van der Waals surface area contributed by atoms with Gasteiger partial charge in [0.1, 0.15) is 11.6 Å². The van der Waals surface area contributed by atoms with Gasteiger partial charge in [0.2, 0.25) is 0 Å². The molecule has 0 fully saturated rings. The maximum atomic E-state index is 13.4. The number of carbonyl (C=O) groups is 1. The fourth-order valence-electron chi connectivity index (χ4n) is 2.01. The Balaban J connectivity index is 2.24. The second-order valence-corrected chi connectivity index (χ2v) is 5.00. The molecule has 2 rings (SSSR count). The first-order valence-electron chi connectivity index (χ1n) is 6.35. The normalized spacial score (nSPS) is 10.3. The van der Waals surface area contributed by atoms with Crippen LogP contribution >= 0.6 is 11.6 Å². The van der Waals surface area contributed by atoms with E-state index < -0.39 is 5.82 Å². The van der Waals surface area contributed by atoms with Crippen molar-refractivity contribution in [3.63, 3.8) is 0 Å². The Morgan fingerprint density at radius 1 is 1.29 bits per heavy atom. The van der Waals surface area contributed by atoms with Gasteiger partial charge >= 0.3 is 0 Å². The van der Waals surface area contributed by atoms with Gasteiger partial charge in [0.15, 0.2) is 0 Å². The van der Waals surface area contributed by atoms with Crippen LogP contribution in [0.2, 0.25) is 5.02 Å². The molecular weight excluding hydrogens is 293 g/mol. The molecule has 21 heavy (non-hydrogen) atoms. The first-order valence-corrected chi connectivity index (χ1v) is 6.73. The van der Waals surface area contributed by atoms with Crippen LogP contribution in [-0.4, -0.2) is 25.0 Å². The molecule has 0 bridgehead atoms. The lowest BCUT2D eigenvalue weighted by Crippen LogP contribution is -2.26. The molecule has 0 radical (unpaired) electrons. The van der Waals surface area contributed by atoms with Crippen molar-refractivity contribution >= 4 is 17.5 Å². The lowest BCUT2D eigenvalue weighted by Gasteiger charge is -2.19. The largest absolute Gasteiger partial charge is 0.496 e. The molecule has 2 aromatic carbocycles. The summed E-state index contributed by atoms with van der Waals surface area (Å²) in [5, 5.41) is 0.586. The maximum Gasteiger partial charge on any atom is 0.257 e. The lowest BCUT2D eigenvalue weighted by atomic mass is 10.1. The number of carbonyl (C=O) groups excluding carboxylic acids is 1. The van der Waals surface area contributed by atoms with Crippen molar-refractivity contribution in [2.45, 2.75) is 6.54 Å². The summed E-state index contributed by atoms with van der Waals surface area (Å²) < 4.78 is 18.5.